The van der Waals surface area contributed by atoms with Crippen molar-refractivity contribution in [3.05, 3.63) is 35.9 Å². The van der Waals surface area contributed by atoms with Gasteiger partial charge in [-0.2, -0.15) is 0 Å². The summed E-state index contributed by atoms with van der Waals surface area (Å²) in [5.74, 6) is -1.19. The summed E-state index contributed by atoms with van der Waals surface area (Å²) in [5.41, 5.74) is 0.258. The maximum atomic E-state index is 12.0. The van der Waals surface area contributed by atoms with E-state index >= 15 is 0 Å². The number of carbonyl (C=O) groups is 1. The van der Waals surface area contributed by atoms with Gasteiger partial charge < -0.3 is 5.11 Å². The minimum atomic E-state index is -3.77. The van der Waals surface area contributed by atoms with Gasteiger partial charge in [-0.15, -0.1) is 0 Å². The van der Waals surface area contributed by atoms with E-state index in [-0.39, 0.29) is 10.6 Å². The molecule has 0 saturated carbocycles. The molecule has 0 aliphatic heterocycles. The number of carboxylic acid groups (broad SMARTS) is 1. The van der Waals surface area contributed by atoms with Gasteiger partial charge >= 0.3 is 5.97 Å². The third kappa shape index (κ3) is 2.29. The first-order valence-electron chi connectivity index (χ1n) is 5.39. The Labute approximate surface area is 110 Å². The number of nitrogens with zero attached hydrogens (tertiary/aromatic N) is 2. The highest BCUT2D eigenvalue weighted by molar-refractivity contribution is 7.89. The Bertz CT molecular complexity index is 753. The van der Waals surface area contributed by atoms with Gasteiger partial charge in [0.2, 0.25) is 0 Å². The standard InChI is InChI=1S/C12H12N2O4S/c1-14(2)19(17,18)11-7-9(12(15)16)8-5-3-4-6-10(8)13-11/h3-7H,1-2H3,(H,15,16). The van der Waals surface area contributed by atoms with Gasteiger partial charge in [-0.25, -0.2) is 22.5 Å². The van der Waals surface area contributed by atoms with Crippen LogP contribution < -0.4 is 0 Å². The van der Waals surface area contributed by atoms with E-state index in [1.54, 1.807) is 24.3 Å². The highest BCUT2D eigenvalue weighted by atomic mass is 32.2. The summed E-state index contributed by atoms with van der Waals surface area (Å²) in [5, 5.41) is 9.32. The fourth-order valence-corrected chi connectivity index (χ4v) is 2.50. The Morgan fingerprint density at radius 2 is 1.89 bits per heavy atom. The van der Waals surface area contributed by atoms with E-state index in [2.05, 4.69) is 4.98 Å². The molecule has 7 heteroatoms. The van der Waals surface area contributed by atoms with Gasteiger partial charge in [0, 0.05) is 19.5 Å². The number of sulfonamides is 1. The van der Waals surface area contributed by atoms with E-state index in [0.717, 1.165) is 10.4 Å². The molecule has 0 bridgehead atoms. The molecule has 0 aliphatic rings. The van der Waals surface area contributed by atoms with Crippen LogP contribution in [0.4, 0.5) is 0 Å². The lowest BCUT2D eigenvalue weighted by atomic mass is 10.1. The Hall–Kier alpha value is -1.99. The lowest BCUT2D eigenvalue weighted by Crippen LogP contribution is -2.23. The van der Waals surface area contributed by atoms with Gasteiger partial charge in [-0.05, 0) is 12.1 Å². The first-order valence-corrected chi connectivity index (χ1v) is 6.83. The zero-order valence-electron chi connectivity index (χ0n) is 10.4. The van der Waals surface area contributed by atoms with Crippen molar-refractivity contribution in [2.24, 2.45) is 0 Å². The van der Waals surface area contributed by atoms with Crippen LogP contribution in [0, 0.1) is 0 Å². The smallest absolute Gasteiger partial charge is 0.336 e. The van der Waals surface area contributed by atoms with Crippen molar-refractivity contribution >= 4 is 26.9 Å². The first kappa shape index (κ1) is 13.4. The molecule has 0 spiro atoms. The number of aromatic carboxylic acids is 1. The second-order valence-electron chi connectivity index (χ2n) is 4.12. The van der Waals surface area contributed by atoms with E-state index in [1.807, 2.05) is 0 Å². The maximum absolute atomic E-state index is 12.0. The van der Waals surface area contributed by atoms with Crippen molar-refractivity contribution in [2.45, 2.75) is 5.03 Å². The molecule has 0 unspecified atom stereocenters. The highest BCUT2D eigenvalue weighted by Gasteiger charge is 2.22. The number of aromatic nitrogens is 1. The molecule has 1 heterocycles. The molecule has 0 amide bonds. The summed E-state index contributed by atoms with van der Waals surface area (Å²) >= 11 is 0. The predicted octanol–water partition coefficient (Wildman–Crippen LogP) is 1.18. The molecular weight excluding hydrogens is 268 g/mol. The normalized spacial score (nSPS) is 11.9. The summed E-state index contributed by atoms with van der Waals surface area (Å²) in [7, 11) is -1.03. The summed E-state index contributed by atoms with van der Waals surface area (Å²) in [6.45, 7) is 0. The van der Waals surface area contributed by atoms with Gasteiger partial charge in [0.1, 0.15) is 0 Å². The Morgan fingerprint density at radius 1 is 1.26 bits per heavy atom. The number of fused-ring (bicyclic) bond motifs is 1. The lowest BCUT2D eigenvalue weighted by molar-refractivity contribution is 0.0698. The molecule has 0 fully saturated rings. The Balaban J connectivity index is 2.83. The van der Waals surface area contributed by atoms with Crippen molar-refractivity contribution in [3.8, 4) is 0 Å². The summed E-state index contributed by atoms with van der Waals surface area (Å²) in [6, 6.07) is 7.61. The van der Waals surface area contributed by atoms with Crippen LogP contribution in [0.5, 0.6) is 0 Å². The molecule has 2 aromatic rings. The van der Waals surface area contributed by atoms with E-state index in [0.29, 0.717) is 10.9 Å². The van der Waals surface area contributed by atoms with Crippen LogP contribution >= 0.6 is 0 Å². The summed E-state index contributed by atoms with van der Waals surface area (Å²) < 4.78 is 25.0. The lowest BCUT2D eigenvalue weighted by Gasteiger charge is -2.12. The van der Waals surface area contributed by atoms with E-state index in [9.17, 15) is 18.3 Å². The zero-order chi connectivity index (χ0) is 14.2. The van der Waals surface area contributed by atoms with Crippen molar-refractivity contribution in [3.63, 3.8) is 0 Å². The van der Waals surface area contributed by atoms with Crippen LogP contribution in [0.25, 0.3) is 10.9 Å². The van der Waals surface area contributed by atoms with Gasteiger partial charge in [-0.3, -0.25) is 0 Å². The third-order valence-electron chi connectivity index (χ3n) is 2.67. The van der Waals surface area contributed by atoms with Crippen LogP contribution in [0.2, 0.25) is 0 Å². The molecule has 0 radical (unpaired) electrons. The Kier molecular flexibility index (Phi) is 3.25. The second kappa shape index (κ2) is 4.60. The fraction of sp³-hybridized carbons (Fsp3) is 0.167. The van der Waals surface area contributed by atoms with Crippen molar-refractivity contribution < 1.29 is 18.3 Å². The average molecular weight is 280 g/mol. The molecule has 1 aromatic carbocycles. The molecule has 1 aromatic heterocycles. The van der Waals surface area contributed by atoms with Crippen LogP contribution in [0.3, 0.4) is 0 Å². The number of carboxylic acids is 1. The number of para-hydroxylation sites is 1. The van der Waals surface area contributed by atoms with Crippen molar-refractivity contribution in [1.82, 2.24) is 9.29 Å². The van der Waals surface area contributed by atoms with E-state index in [1.165, 1.54) is 14.1 Å². The van der Waals surface area contributed by atoms with E-state index in [4.69, 9.17) is 0 Å². The number of pyridine rings is 1. The second-order valence-corrected chi connectivity index (χ2v) is 6.22. The fourth-order valence-electron chi connectivity index (χ4n) is 1.65. The van der Waals surface area contributed by atoms with Crippen LogP contribution in [-0.4, -0.2) is 42.9 Å². The largest absolute Gasteiger partial charge is 0.478 e. The van der Waals surface area contributed by atoms with Crippen molar-refractivity contribution in [1.29, 1.82) is 0 Å². The molecule has 1 N–H and O–H groups in total. The van der Waals surface area contributed by atoms with Crippen LogP contribution in [0.15, 0.2) is 35.4 Å². The molecular formula is C12H12N2O4S. The minimum Gasteiger partial charge on any atom is -0.478 e. The molecule has 19 heavy (non-hydrogen) atoms. The molecule has 0 atom stereocenters. The van der Waals surface area contributed by atoms with Crippen LogP contribution in [0.1, 0.15) is 10.4 Å². The third-order valence-corrected chi connectivity index (χ3v) is 4.37. The van der Waals surface area contributed by atoms with Gasteiger partial charge in [0.25, 0.3) is 10.0 Å². The topological polar surface area (TPSA) is 87.6 Å². The predicted molar refractivity (Wildman–Crippen MR) is 69.6 cm³/mol. The molecule has 100 valence electrons. The SMILES string of the molecule is CN(C)S(=O)(=O)c1cc(C(=O)O)c2ccccc2n1. The number of hydrogen-bond acceptors (Lipinski definition) is 4. The summed E-state index contributed by atoms with van der Waals surface area (Å²) in [4.78, 5) is 15.2. The molecule has 0 aliphatic carbocycles. The number of rotatable bonds is 3. The van der Waals surface area contributed by atoms with Gasteiger partial charge in [-0.1, -0.05) is 18.2 Å². The average Bonchev–Trinajstić information content (AvgIpc) is 2.36. The van der Waals surface area contributed by atoms with Gasteiger partial charge in [0.05, 0.1) is 11.1 Å². The number of benzene rings is 1. The minimum absolute atomic E-state index is 0.0778. The highest BCUT2D eigenvalue weighted by Crippen LogP contribution is 2.21. The quantitative estimate of drug-likeness (QED) is 0.912. The molecule has 0 saturated heterocycles. The van der Waals surface area contributed by atoms with E-state index < -0.39 is 16.0 Å². The Morgan fingerprint density at radius 3 is 2.47 bits per heavy atom. The molecule has 6 nitrogen and oxygen atoms in total. The number of hydrogen-bond donors (Lipinski definition) is 1. The summed E-state index contributed by atoms with van der Waals surface area (Å²) in [6.07, 6.45) is 0. The maximum Gasteiger partial charge on any atom is 0.336 e. The van der Waals surface area contributed by atoms with Gasteiger partial charge in [0.15, 0.2) is 5.03 Å². The molecule has 2 rings (SSSR count). The zero-order valence-corrected chi connectivity index (χ0v) is 11.2. The first-order chi connectivity index (χ1) is 8.84. The van der Waals surface area contributed by atoms with Crippen LogP contribution in [-0.2, 0) is 10.0 Å². The van der Waals surface area contributed by atoms with Crippen molar-refractivity contribution in [2.75, 3.05) is 14.1 Å². The monoisotopic (exact) mass is 280 g/mol.